The third-order valence-electron chi connectivity index (χ3n) is 22.0. The van der Waals surface area contributed by atoms with E-state index in [4.69, 9.17) is 4.74 Å². The molecule has 0 bridgehead atoms. The molecule has 3 aliphatic heterocycles. The third kappa shape index (κ3) is 58.4. The van der Waals surface area contributed by atoms with Crippen LogP contribution in [-0.4, -0.2) is 200 Å². The van der Waals surface area contributed by atoms with E-state index in [1.165, 1.54) is 103 Å². The predicted molar refractivity (Wildman–Crippen MR) is 568 cm³/mol. The molecular weight excluding hydrogens is 1690 g/mol. The number of ether oxygens (including phenoxy) is 1. The van der Waals surface area contributed by atoms with Crippen molar-refractivity contribution in [3.8, 4) is 0 Å². The van der Waals surface area contributed by atoms with Gasteiger partial charge >= 0.3 is 0 Å². The van der Waals surface area contributed by atoms with Crippen molar-refractivity contribution in [3.63, 3.8) is 0 Å². The van der Waals surface area contributed by atoms with E-state index < -0.39 is 0 Å². The highest BCUT2D eigenvalue weighted by Gasteiger charge is 2.18. The number of morpholine rings is 1. The number of likely N-dealkylation sites (tertiary alicyclic amines) is 1. The second-order valence-corrected chi connectivity index (χ2v) is 39.8. The third-order valence-corrected chi connectivity index (χ3v) is 22.0. The first-order valence-corrected chi connectivity index (χ1v) is 49.6. The molecule has 3 aliphatic rings. The van der Waals surface area contributed by atoms with E-state index in [9.17, 15) is 4.39 Å². The summed E-state index contributed by atoms with van der Waals surface area (Å²) in [5, 5.41) is 25.4. The highest BCUT2D eigenvalue weighted by molar-refractivity contribution is 5.21. The number of imidazole rings is 1. The van der Waals surface area contributed by atoms with Crippen LogP contribution in [0.2, 0.25) is 0 Å². The van der Waals surface area contributed by atoms with Crippen LogP contribution in [0.15, 0.2) is 209 Å². The number of hydrogen-bond donors (Lipinski definition) is 2. The Morgan fingerprint density at radius 3 is 1.25 bits per heavy atom. The first-order valence-electron chi connectivity index (χ1n) is 49.6. The summed E-state index contributed by atoms with van der Waals surface area (Å²) in [6, 6.07) is 31.4. The summed E-state index contributed by atoms with van der Waals surface area (Å²) >= 11 is 0. The fourth-order valence-electron chi connectivity index (χ4n) is 12.3. The van der Waals surface area contributed by atoms with Gasteiger partial charge in [0.05, 0.1) is 43.7 Å². The quantitative estimate of drug-likeness (QED) is 0.0964. The number of aryl methyl sites for hydroxylation is 5. The summed E-state index contributed by atoms with van der Waals surface area (Å²) in [6.07, 6.45) is 40.2. The van der Waals surface area contributed by atoms with Crippen LogP contribution in [0, 0.1) is 33.5 Å². The molecule has 3 fully saturated rings. The summed E-state index contributed by atoms with van der Waals surface area (Å²) in [5.74, 6) is 3.85. The lowest BCUT2D eigenvalue weighted by Crippen LogP contribution is -2.47. The maximum Gasteiger partial charge on any atom is 0.265 e. The molecule has 0 spiro atoms. The summed E-state index contributed by atoms with van der Waals surface area (Å²) < 4.78 is 27.5. The molecule has 0 atom stereocenters. The first-order chi connectivity index (χ1) is 64.1. The largest absolute Gasteiger partial charge is 0.379 e. The van der Waals surface area contributed by atoms with Gasteiger partial charge in [0.1, 0.15) is 12.1 Å². The standard InChI is InChI=1S/C9H11F.2C9H13N.C8H12N2.C8H18N2.2C8H11N.3C7H12N2.C7H15NO.C7H15N.2C6H10N2.C5H9N3/c1-7(2)8-4-3-5-9(10)6-8;1-7(2)9-4-5-10-8(3)6-9;1-7(2)9-5-4-8(3)10-6-9;1-8(2,3)7-4-9-6-10-5-7;1-8(2)10-6-4-9(3)5-7-10;1-7(2)8-3-5-9-6-4-8;1-7(2)8-4-3-5-9-6-8;1-6(2)7-4-8-9(3)5-7;1-6(2)9-4-7(3)8-5-9;1-6(2)9-5-7(3)4-8-9;1-7(2)8-3-5-9-6-4-8;1-7(2)8-5-3-4-6-8;1-6(2)8-5-3-4-7-8;1-5(2)6-3-4-7-8-6;1-5(2)8-3-6-7-4-8/h3-7H,1-2H3;2*4-7H,1-3H3;4-6H,1-3H3;8H,4-7H2,1-3H3;2*3-7H,1-2H3;3*4-6H,1-3H3;7H,3-6H2,1-2H3;7H,3-6H2,1-2H3;3-6H,1-2H3;3-5H,1-2H3,(H,7,8);3-5H,1-2H3/p+1. The van der Waals surface area contributed by atoms with Crippen LogP contribution in [-0.2, 0) is 17.2 Å². The Morgan fingerprint density at radius 1 is 0.397 bits per heavy atom. The second-order valence-electron chi connectivity index (χ2n) is 39.8. The molecule has 15 rings (SSSR count). The number of aromatic nitrogens is 19. The number of piperazine rings is 1. The van der Waals surface area contributed by atoms with Gasteiger partial charge in [0, 0.05) is 192 Å². The van der Waals surface area contributed by atoms with E-state index in [0.29, 0.717) is 71.6 Å². The van der Waals surface area contributed by atoms with Gasteiger partial charge in [0.15, 0.2) is 0 Å². The van der Waals surface area contributed by atoms with Crippen molar-refractivity contribution in [1.29, 1.82) is 0 Å². The summed E-state index contributed by atoms with van der Waals surface area (Å²) in [4.78, 5) is 38.1. The number of benzene rings is 1. The minimum atomic E-state index is -0.147. The molecule has 24 nitrogen and oxygen atoms in total. The van der Waals surface area contributed by atoms with Crippen LogP contribution in [0.25, 0.3) is 0 Å². The van der Waals surface area contributed by atoms with Gasteiger partial charge in [0.25, 0.3) is 6.33 Å². The minimum absolute atomic E-state index is 0.147. The summed E-state index contributed by atoms with van der Waals surface area (Å²) in [5.41, 5.74) is 14.7. The molecule has 0 saturated carbocycles. The van der Waals surface area contributed by atoms with Gasteiger partial charge in [-0.05, 0) is 310 Å². The van der Waals surface area contributed by atoms with Crippen LogP contribution in [0.4, 0.5) is 4.39 Å². The molecule has 25 heteroatoms. The topological polar surface area (TPSA) is 232 Å². The highest BCUT2D eigenvalue weighted by Crippen LogP contribution is 2.21. The van der Waals surface area contributed by atoms with Crippen LogP contribution >= 0.6 is 0 Å². The van der Waals surface area contributed by atoms with E-state index in [1.54, 1.807) is 43.4 Å². The van der Waals surface area contributed by atoms with Gasteiger partial charge < -0.3 is 19.1 Å². The van der Waals surface area contributed by atoms with Gasteiger partial charge in [-0.15, -0.1) is 5.10 Å². The molecule has 11 aromatic heterocycles. The zero-order valence-electron chi connectivity index (χ0n) is 91.4. The zero-order chi connectivity index (χ0) is 102. The molecule has 12 aromatic rings. The molecule has 0 aliphatic carbocycles. The number of rotatable bonds is 14. The Balaban J connectivity index is 0.000000729. The maximum absolute atomic E-state index is 12.5. The van der Waals surface area contributed by atoms with Crippen molar-refractivity contribution in [2.45, 2.75) is 344 Å². The molecule has 2 N–H and O–H groups in total. The van der Waals surface area contributed by atoms with Crippen molar-refractivity contribution in [1.82, 2.24) is 109 Å². The van der Waals surface area contributed by atoms with Crippen LogP contribution < -0.4 is 4.57 Å². The number of halogens is 1. The number of pyridine rings is 4. The number of H-pyrrole nitrogens is 2. The lowest BCUT2D eigenvalue weighted by Gasteiger charge is -2.34. The lowest BCUT2D eigenvalue weighted by molar-refractivity contribution is -0.716. The Kier molecular flexibility index (Phi) is 64.1. The van der Waals surface area contributed by atoms with Gasteiger partial charge in [-0.1, -0.05) is 142 Å². The molecule has 756 valence electrons. The molecule has 1 aromatic carbocycles. The zero-order valence-corrected chi connectivity index (χ0v) is 91.4. The number of nitrogens with one attached hydrogen (secondary N) is 2. The number of nitrogens with zero attached hydrogens (tertiary/aromatic N) is 21. The van der Waals surface area contributed by atoms with Crippen LogP contribution in [0.1, 0.15) is 360 Å². The molecule has 136 heavy (non-hydrogen) atoms. The Labute approximate surface area is 824 Å². The van der Waals surface area contributed by atoms with E-state index in [2.05, 4.69) is 347 Å². The SMILES string of the molecule is CC(C)(C)c1cncnc1.CC(C)N1CCCC1.CC(C)N1CCN(C)CC1.CC(C)N1CCOCC1.CC(C)[n+]1cn[nH]c1.CC(C)c1cccc(F)c1.CC(C)c1cccnc1.CC(C)c1ccn[nH]1.CC(C)c1ccncc1.CC(C)c1cnn(C)c1.CC(C)n1cccn1.Cc1cc(C(C)C)ccn1.Cc1ccc(C(C)C)cn1.Cc1cn(C(C)C)cn1.Cc1cnn(C(C)C)c1. The second kappa shape index (κ2) is 70.4. The molecule has 0 amide bonds. The van der Waals surface area contributed by atoms with Crippen molar-refractivity contribution in [3.05, 3.63) is 282 Å². The maximum atomic E-state index is 12.5. The lowest BCUT2D eigenvalue weighted by atomic mass is 9.89. The van der Waals surface area contributed by atoms with E-state index in [-0.39, 0.29) is 11.2 Å². The van der Waals surface area contributed by atoms with E-state index in [1.807, 2.05) is 183 Å². The highest BCUT2D eigenvalue weighted by atomic mass is 19.1. The molecule has 14 heterocycles. The van der Waals surface area contributed by atoms with Gasteiger partial charge in [-0.3, -0.25) is 48.9 Å². The predicted octanol–water partition coefficient (Wildman–Crippen LogP) is 25.4. The Morgan fingerprint density at radius 2 is 0.941 bits per heavy atom. The Hall–Kier alpha value is -10.2. The van der Waals surface area contributed by atoms with Crippen LogP contribution in [0.5, 0.6) is 0 Å². The fourth-order valence-corrected chi connectivity index (χ4v) is 12.3. The Bertz CT molecular complexity index is 4430. The smallest absolute Gasteiger partial charge is 0.265 e. The number of hydrogen-bond acceptors (Lipinski definition) is 17. The van der Waals surface area contributed by atoms with Crippen molar-refractivity contribution in [2.24, 2.45) is 7.05 Å². The number of likely N-dealkylation sites (N-methyl/N-ethyl adjacent to an activating group) is 1. The fraction of sp³-hybridized carbons (Fsp3) is 0.577. The molecule has 0 radical (unpaired) electrons. The first kappa shape index (κ1) is 124. The van der Waals surface area contributed by atoms with Gasteiger partial charge in [0.2, 0.25) is 6.33 Å². The van der Waals surface area contributed by atoms with Crippen molar-refractivity contribution < 1.29 is 13.7 Å². The normalized spacial score (nSPS) is 13.1. The van der Waals surface area contributed by atoms with Crippen LogP contribution in [0.3, 0.4) is 0 Å². The van der Waals surface area contributed by atoms with Crippen molar-refractivity contribution >= 4 is 0 Å². The average molecular weight is 1880 g/mol. The summed E-state index contributed by atoms with van der Waals surface area (Å²) in [7, 11) is 4.13. The number of aromatic amines is 2. The van der Waals surface area contributed by atoms with Gasteiger partial charge in [-0.2, -0.15) is 20.4 Å². The molecule has 3 saturated heterocycles. The van der Waals surface area contributed by atoms with Crippen molar-refractivity contribution in [2.75, 3.05) is 72.6 Å². The minimum Gasteiger partial charge on any atom is -0.379 e. The monoisotopic (exact) mass is 1880 g/mol. The average Bonchev–Trinajstić information content (AvgIpc) is 1.29. The molecular formula is C111H185FN23O+. The van der Waals surface area contributed by atoms with E-state index in [0.717, 1.165) is 61.0 Å². The van der Waals surface area contributed by atoms with E-state index >= 15 is 0 Å². The molecule has 0 unspecified atom stereocenters. The summed E-state index contributed by atoms with van der Waals surface area (Å²) in [6.45, 7) is 86.7. The van der Waals surface area contributed by atoms with Gasteiger partial charge in [-0.25, -0.2) is 23.9 Å².